The average Bonchev–Trinajstić information content (AvgIpc) is 2.73. The average molecular weight is 258 g/mol. The third-order valence-corrected chi connectivity index (χ3v) is 3.57. The second-order valence-corrected chi connectivity index (χ2v) is 4.93. The van der Waals surface area contributed by atoms with E-state index in [0.29, 0.717) is 0 Å². The van der Waals surface area contributed by atoms with Crippen molar-refractivity contribution >= 4 is 0 Å². The molecule has 0 spiro atoms. The van der Waals surface area contributed by atoms with Gasteiger partial charge < -0.3 is 5.32 Å². The molecule has 2 aromatic rings. The van der Waals surface area contributed by atoms with Crippen LogP contribution in [0.25, 0.3) is 0 Å². The molecule has 0 aliphatic carbocycles. The molecule has 0 radical (unpaired) electrons. The first-order chi connectivity index (χ1) is 9.15. The van der Waals surface area contributed by atoms with Gasteiger partial charge in [0.05, 0.1) is 12.2 Å². The Hall–Kier alpha value is -1.68. The minimum atomic E-state index is 0.169. The summed E-state index contributed by atoms with van der Waals surface area (Å²) in [5, 5.41) is 7.96. The van der Waals surface area contributed by atoms with Crippen LogP contribution in [0.5, 0.6) is 0 Å². The van der Waals surface area contributed by atoms with Crippen LogP contribution in [-0.2, 0) is 7.05 Å². The summed E-state index contributed by atoms with van der Waals surface area (Å²) in [6.07, 6.45) is 6.85. The SMILES string of the molecule is CCCNC(c1cnccc1C)c1cnn(C)c1C. The fourth-order valence-corrected chi connectivity index (χ4v) is 2.25. The van der Waals surface area contributed by atoms with E-state index in [2.05, 4.69) is 42.2 Å². The Morgan fingerprint density at radius 1 is 1.26 bits per heavy atom. The van der Waals surface area contributed by atoms with Crippen molar-refractivity contribution in [2.45, 2.75) is 33.2 Å². The molecule has 0 fully saturated rings. The highest BCUT2D eigenvalue weighted by Crippen LogP contribution is 2.26. The Kier molecular flexibility index (Phi) is 4.32. The van der Waals surface area contributed by atoms with Gasteiger partial charge in [-0.15, -0.1) is 0 Å². The lowest BCUT2D eigenvalue weighted by atomic mass is 9.97. The largest absolute Gasteiger partial charge is 0.306 e. The highest BCUT2D eigenvalue weighted by atomic mass is 15.3. The molecule has 4 nitrogen and oxygen atoms in total. The summed E-state index contributed by atoms with van der Waals surface area (Å²) in [6, 6.07) is 2.23. The van der Waals surface area contributed by atoms with E-state index in [4.69, 9.17) is 0 Å². The molecular formula is C15H22N4. The van der Waals surface area contributed by atoms with Crippen LogP contribution in [0, 0.1) is 13.8 Å². The minimum absolute atomic E-state index is 0.169. The number of aromatic nitrogens is 3. The lowest BCUT2D eigenvalue weighted by Crippen LogP contribution is -2.24. The van der Waals surface area contributed by atoms with Gasteiger partial charge in [-0.2, -0.15) is 5.10 Å². The molecule has 4 heteroatoms. The van der Waals surface area contributed by atoms with Crippen molar-refractivity contribution in [2.24, 2.45) is 7.05 Å². The maximum atomic E-state index is 4.36. The van der Waals surface area contributed by atoms with Crippen LogP contribution in [-0.4, -0.2) is 21.3 Å². The summed E-state index contributed by atoms with van der Waals surface area (Å²) in [5.41, 5.74) is 4.91. The van der Waals surface area contributed by atoms with Crippen molar-refractivity contribution in [3.8, 4) is 0 Å². The first-order valence-electron chi connectivity index (χ1n) is 6.77. The van der Waals surface area contributed by atoms with Crippen molar-refractivity contribution in [1.29, 1.82) is 0 Å². The molecule has 1 unspecified atom stereocenters. The highest BCUT2D eigenvalue weighted by Gasteiger charge is 2.19. The Balaban J connectivity index is 2.42. The summed E-state index contributed by atoms with van der Waals surface area (Å²) < 4.78 is 1.92. The van der Waals surface area contributed by atoms with Gasteiger partial charge in [-0.05, 0) is 44.0 Å². The highest BCUT2D eigenvalue weighted by molar-refractivity contribution is 5.35. The fourth-order valence-electron chi connectivity index (χ4n) is 2.25. The van der Waals surface area contributed by atoms with E-state index in [-0.39, 0.29) is 6.04 Å². The normalized spacial score (nSPS) is 12.6. The fraction of sp³-hybridized carbons (Fsp3) is 0.467. The molecule has 1 N–H and O–H groups in total. The molecule has 0 bridgehead atoms. The molecule has 19 heavy (non-hydrogen) atoms. The maximum Gasteiger partial charge on any atom is 0.0628 e. The van der Waals surface area contributed by atoms with Crippen molar-refractivity contribution in [1.82, 2.24) is 20.1 Å². The van der Waals surface area contributed by atoms with Crippen LogP contribution in [0.3, 0.4) is 0 Å². The molecule has 0 aromatic carbocycles. The molecule has 2 rings (SSSR count). The van der Waals surface area contributed by atoms with Gasteiger partial charge in [-0.1, -0.05) is 6.92 Å². The molecule has 1 atom stereocenters. The van der Waals surface area contributed by atoms with Crippen molar-refractivity contribution < 1.29 is 0 Å². The van der Waals surface area contributed by atoms with E-state index in [1.165, 1.54) is 22.4 Å². The lowest BCUT2D eigenvalue weighted by Gasteiger charge is -2.20. The maximum absolute atomic E-state index is 4.36. The summed E-state index contributed by atoms with van der Waals surface area (Å²) in [7, 11) is 1.98. The van der Waals surface area contributed by atoms with E-state index < -0.39 is 0 Å². The number of aryl methyl sites for hydroxylation is 2. The Morgan fingerprint density at radius 2 is 2.05 bits per heavy atom. The second-order valence-electron chi connectivity index (χ2n) is 4.93. The number of nitrogens with zero attached hydrogens (tertiary/aromatic N) is 3. The first-order valence-corrected chi connectivity index (χ1v) is 6.77. The van der Waals surface area contributed by atoms with Gasteiger partial charge in [0, 0.05) is 30.7 Å². The summed E-state index contributed by atoms with van der Waals surface area (Å²) in [4.78, 5) is 4.27. The molecule has 102 valence electrons. The van der Waals surface area contributed by atoms with E-state index >= 15 is 0 Å². The van der Waals surface area contributed by atoms with Gasteiger partial charge in [0.15, 0.2) is 0 Å². The molecule has 0 saturated carbocycles. The minimum Gasteiger partial charge on any atom is -0.306 e. The third kappa shape index (κ3) is 2.84. The topological polar surface area (TPSA) is 42.7 Å². The van der Waals surface area contributed by atoms with Crippen molar-refractivity contribution in [3.63, 3.8) is 0 Å². The molecule has 2 aromatic heterocycles. The smallest absolute Gasteiger partial charge is 0.0628 e. The number of hydrogen-bond donors (Lipinski definition) is 1. The standard InChI is InChI=1S/C15H22N4/c1-5-7-17-15(13-9-16-8-6-11(13)2)14-10-18-19(4)12(14)3/h6,8-10,15,17H,5,7H2,1-4H3. The van der Waals surface area contributed by atoms with E-state index in [0.717, 1.165) is 13.0 Å². The zero-order valence-corrected chi connectivity index (χ0v) is 12.1. The summed E-state index contributed by atoms with van der Waals surface area (Å²) in [5.74, 6) is 0. The first kappa shape index (κ1) is 13.7. The Bertz CT molecular complexity index is 545. The van der Waals surface area contributed by atoms with Crippen LogP contribution in [0.1, 0.15) is 41.8 Å². The van der Waals surface area contributed by atoms with Gasteiger partial charge in [0.25, 0.3) is 0 Å². The summed E-state index contributed by atoms with van der Waals surface area (Å²) >= 11 is 0. The predicted octanol–water partition coefficient (Wildman–Crippen LogP) is 2.52. The van der Waals surface area contributed by atoms with Crippen molar-refractivity contribution in [2.75, 3.05) is 6.54 Å². The van der Waals surface area contributed by atoms with Gasteiger partial charge >= 0.3 is 0 Å². The molecule has 0 aliphatic rings. The van der Waals surface area contributed by atoms with Crippen LogP contribution in [0.4, 0.5) is 0 Å². The number of rotatable bonds is 5. The monoisotopic (exact) mass is 258 g/mol. The van der Waals surface area contributed by atoms with E-state index in [1.807, 2.05) is 30.3 Å². The molecular weight excluding hydrogens is 236 g/mol. The van der Waals surface area contributed by atoms with Gasteiger partial charge in [-0.3, -0.25) is 9.67 Å². The molecule has 0 saturated heterocycles. The molecule has 0 aliphatic heterocycles. The second kappa shape index (κ2) is 5.97. The van der Waals surface area contributed by atoms with E-state index in [9.17, 15) is 0 Å². The van der Waals surface area contributed by atoms with E-state index in [1.54, 1.807) is 0 Å². The number of nitrogens with one attached hydrogen (secondary N) is 1. The third-order valence-electron chi connectivity index (χ3n) is 3.57. The number of hydrogen-bond acceptors (Lipinski definition) is 3. The Morgan fingerprint density at radius 3 is 2.63 bits per heavy atom. The summed E-state index contributed by atoms with van der Waals surface area (Å²) in [6.45, 7) is 7.39. The quantitative estimate of drug-likeness (QED) is 0.896. The zero-order chi connectivity index (χ0) is 13.8. The number of pyridine rings is 1. The van der Waals surface area contributed by atoms with Gasteiger partial charge in [0.1, 0.15) is 0 Å². The predicted molar refractivity (Wildman–Crippen MR) is 77.1 cm³/mol. The zero-order valence-electron chi connectivity index (χ0n) is 12.1. The van der Waals surface area contributed by atoms with Crippen LogP contribution in [0.2, 0.25) is 0 Å². The Labute approximate surface area is 114 Å². The van der Waals surface area contributed by atoms with Crippen LogP contribution in [0.15, 0.2) is 24.7 Å². The van der Waals surface area contributed by atoms with Crippen LogP contribution >= 0.6 is 0 Å². The molecule has 2 heterocycles. The van der Waals surface area contributed by atoms with Crippen molar-refractivity contribution in [3.05, 3.63) is 47.0 Å². The molecule has 0 amide bonds. The van der Waals surface area contributed by atoms with Gasteiger partial charge in [-0.25, -0.2) is 0 Å². The lowest BCUT2D eigenvalue weighted by molar-refractivity contribution is 0.590. The van der Waals surface area contributed by atoms with Gasteiger partial charge in [0.2, 0.25) is 0 Å². The van der Waals surface area contributed by atoms with Crippen LogP contribution < -0.4 is 5.32 Å².